The van der Waals surface area contributed by atoms with Crippen LogP contribution in [-0.4, -0.2) is 30.0 Å². The fourth-order valence-corrected chi connectivity index (χ4v) is 2.71. The average Bonchev–Trinajstić information content (AvgIpc) is 3.05. The van der Waals surface area contributed by atoms with E-state index in [9.17, 15) is 9.59 Å². The highest BCUT2D eigenvalue weighted by Crippen LogP contribution is 2.17. The fraction of sp³-hybridized carbons (Fsp3) is 0.312. The number of benzene rings is 1. The number of nitrogens with zero attached hydrogens (tertiary/aromatic N) is 1. The number of amides is 1. The highest BCUT2D eigenvalue weighted by Gasteiger charge is 2.23. The second kappa shape index (κ2) is 8.40. The Bertz CT molecular complexity index is 658. The quantitative estimate of drug-likeness (QED) is 0.752. The summed E-state index contributed by atoms with van der Waals surface area (Å²) in [6.45, 7) is 2.49. The lowest BCUT2D eigenvalue weighted by Crippen LogP contribution is -2.32. The summed E-state index contributed by atoms with van der Waals surface area (Å²) in [5, 5.41) is 5.08. The van der Waals surface area contributed by atoms with E-state index in [0.29, 0.717) is 23.9 Å². The van der Waals surface area contributed by atoms with E-state index in [-0.39, 0.29) is 18.4 Å². The molecular formula is C16H19N3O3S. The van der Waals surface area contributed by atoms with Crippen molar-refractivity contribution in [2.45, 2.75) is 19.4 Å². The van der Waals surface area contributed by atoms with Crippen molar-refractivity contribution >= 4 is 23.2 Å². The average molecular weight is 333 g/mol. The Kier molecular flexibility index (Phi) is 6.25. The zero-order chi connectivity index (χ0) is 16.7. The number of hydrogen-bond acceptors (Lipinski definition) is 6. The fourth-order valence-electron chi connectivity index (χ4n) is 2.06. The van der Waals surface area contributed by atoms with Crippen LogP contribution in [0.4, 0.5) is 0 Å². The lowest BCUT2D eigenvalue weighted by molar-refractivity contribution is -0.144. The smallest absolute Gasteiger partial charge is 0.315 e. The molecule has 1 aromatic heterocycles. The van der Waals surface area contributed by atoms with Gasteiger partial charge in [0, 0.05) is 18.5 Å². The van der Waals surface area contributed by atoms with Gasteiger partial charge in [-0.15, -0.1) is 11.3 Å². The van der Waals surface area contributed by atoms with Crippen LogP contribution in [0, 0.1) is 0 Å². The molecule has 0 fully saturated rings. The molecule has 3 N–H and O–H groups in total. The second-order valence-corrected chi connectivity index (χ2v) is 5.70. The number of carbonyl (C=O) groups excluding carboxylic acids is 2. The molecule has 1 amide bonds. The van der Waals surface area contributed by atoms with E-state index in [1.165, 1.54) is 11.3 Å². The van der Waals surface area contributed by atoms with E-state index >= 15 is 0 Å². The number of thiazole rings is 1. The molecule has 1 unspecified atom stereocenters. The molecule has 0 saturated heterocycles. The zero-order valence-electron chi connectivity index (χ0n) is 12.8. The maximum absolute atomic E-state index is 12.1. The number of rotatable bonds is 7. The number of ether oxygens (including phenoxy) is 1. The monoisotopic (exact) mass is 333 g/mol. The highest BCUT2D eigenvalue weighted by atomic mass is 32.1. The molecule has 23 heavy (non-hydrogen) atoms. The molecule has 1 heterocycles. The highest BCUT2D eigenvalue weighted by molar-refractivity contribution is 7.09. The van der Waals surface area contributed by atoms with Gasteiger partial charge < -0.3 is 15.8 Å². The van der Waals surface area contributed by atoms with Crippen LogP contribution in [0.25, 0.3) is 0 Å². The van der Waals surface area contributed by atoms with Crippen molar-refractivity contribution in [3.8, 4) is 0 Å². The summed E-state index contributed by atoms with van der Waals surface area (Å²) in [4.78, 5) is 28.4. The standard InChI is InChI=1S/C16H19N3O3S/c1-2-22-16(21)12(11-6-4-3-5-7-11)9-18-15(20)13-10-23-14(8-17)19-13/h3-7,10,12H,2,8-9,17H2,1H3,(H,18,20). The van der Waals surface area contributed by atoms with Crippen molar-refractivity contribution < 1.29 is 14.3 Å². The molecule has 1 atom stereocenters. The minimum Gasteiger partial charge on any atom is -0.465 e. The predicted octanol–water partition coefficient (Wildman–Crippen LogP) is 1.68. The van der Waals surface area contributed by atoms with Crippen LogP contribution in [0.15, 0.2) is 35.7 Å². The van der Waals surface area contributed by atoms with Crippen LogP contribution >= 0.6 is 11.3 Å². The van der Waals surface area contributed by atoms with Crippen molar-refractivity contribution in [2.75, 3.05) is 13.2 Å². The van der Waals surface area contributed by atoms with Crippen molar-refractivity contribution in [1.29, 1.82) is 0 Å². The maximum Gasteiger partial charge on any atom is 0.315 e. The number of nitrogens with one attached hydrogen (secondary N) is 1. The van der Waals surface area contributed by atoms with Gasteiger partial charge >= 0.3 is 5.97 Å². The summed E-state index contributed by atoms with van der Waals surface area (Å²) < 4.78 is 5.10. The number of nitrogens with two attached hydrogens (primary N) is 1. The number of hydrogen-bond donors (Lipinski definition) is 2. The van der Waals surface area contributed by atoms with Crippen LogP contribution in [-0.2, 0) is 16.1 Å². The summed E-state index contributed by atoms with van der Waals surface area (Å²) in [6.07, 6.45) is 0. The number of aromatic nitrogens is 1. The summed E-state index contributed by atoms with van der Waals surface area (Å²) in [6, 6.07) is 9.23. The van der Waals surface area contributed by atoms with Crippen molar-refractivity contribution in [3.63, 3.8) is 0 Å². The molecule has 0 bridgehead atoms. The molecular weight excluding hydrogens is 314 g/mol. The minimum atomic E-state index is -0.548. The maximum atomic E-state index is 12.1. The van der Waals surface area contributed by atoms with Gasteiger partial charge in [0.15, 0.2) is 0 Å². The van der Waals surface area contributed by atoms with Crippen molar-refractivity contribution in [2.24, 2.45) is 5.73 Å². The summed E-state index contributed by atoms with van der Waals surface area (Å²) >= 11 is 1.33. The number of esters is 1. The van der Waals surface area contributed by atoms with Crippen LogP contribution in [0.5, 0.6) is 0 Å². The van der Waals surface area contributed by atoms with Gasteiger partial charge in [0.1, 0.15) is 10.7 Å². The third kappa shape index (κ3) is 4.61. The van der Waals surface area contributed by atoms with Crippen molar-refractivity contribution in [3.05, 3.63) is 52.0 Å². The molecule has 0 saturated carbocycles. The first kappa shape index (κ1) is 17.1. The van der Waals surface area contributed by atoms with Gasteiger partial charge in [0.05, 0.1) is 12.5 Å². The molecule has 2 aromatic rings. The SMILES string of the molecule is CCOC(=O)C(CNC(=O)c1csc(CN)n1)c1ccccc1. The molecule has 6 nitrogen and oxygen atoms in total. The summed E-state index contributed by atoms with van der Waals surface area (Å²) in [7, 11) is 0. The zero-order valence-corrected chi connectivity index (χ0v) is 13.6. The molecule has 0 spiro atoms. The molecule has 0 radical (unpaired) electrons. The van der Waals surface area contributed by atoms with Gasteiger partial charge in [-0.1, -0.05) is 30.3 Å². The molecule has 7 heteroatoms. The Morgan fingerprint density at radius 1 is 1.35 bits per heavy atom. The first-order valence-electron chi connectivity index (χ1n) is 7.30. The summed E-state index contributed by atoms with van der Waals surface area (Å²) in [5.41, 5.74) is 6.60. The molecule has 0 aliphatic carbocycles. The van der Waals surface area contributed by atoms with Gasteiger partial charge in [0.25, 0.3) is 5.91 Å². The van der Waals surface area contributed by atoms with Crippen LogP contribution in [0.2, 0.25) is 0 Å². The second-order valence-electron chi connectivity index (χ2n) is 4.76. The Morgan fingerprint density at radius 3 is 2.70 bits per heavy atom. The van der Waals surface area contributed by atoms with Gasteiger partial charge in [0.2, 0.25) is 0 Å². The third-order valence-electron chi connectivity index (χ3n) is 3.20. The lowest BCUT2D eigenvalue weighted by atomic mass is 9.99. The predicted molar refractivity (Wildman–Crippen MR) is 88.2 cm³/mol. The van der Waals surface area contributed by atoms with E-state index in [1.807, 2.05) is 30.3 Å². The summed E-state index contributed by atoms with van der Waals surface area (Å²) in [5.74, 6) is -1.24. The normalized spacial score (nSPS) is 11.7. The van der Waals surface area contributed by atoms with Crippen LogP contribution < -0.4 is 11.1 Å². The van der Waals surface area contributed by atoms with Gasteiger partial charge in [-0.2, -0.15) is 0 Å². The Balaban J connectivity index is 2.06. The molecule has 0 aliphatic heterocycles. The third-order valence-corrected chi connectivity index (χ3v) is 4.07. The van der Waals surface area contributed by atoms with Crippen LogP contribution in [0.1, 0.15) is 33.9 Å². The Labute approximate surface area is 138 Å². The van der Waals surface area contributed by atoms with Gasteiger partial charge in [-0.05, 0) is 12.5 Å². The van der Waals surface area contributed by atoms with E-state index < -0.39 is 5.92 Å². The van der Waals surface area contributed by atoms with Gasteiger partial charge in [-0.25, -0.2) is 4.98 Å². The van der Waals surface area contributed by atoms with Gasteiger partial charge in [-0.3, -0.25) is 9.59 Å². The molecule has 0 aliphatic rings. The Hall–Kier alpha value is -2.25. The Morgan fingerprint density at radius 2 is 2.09 bits per heavy atom. The molecule has 122 valence electrons. The van der Waals surface area contributed by atoms with E-state index in [1.54, 1.807) is 12.3 Å². The molecule has 2 rings (SSSR count). The minimum absolute atomic E-state index is 0.150. The molecule has 1 aromatic carbocycles. The van der Waals surface area contributed by atoms with E-state index in [2.05, 4.69) is 10.3 Å². The first-order chi connectivity index (χ1) is 11.2. The number of carbonyl (C=O) groups is 2. The van der Waals surface area contributed by atoms with Crippen molar-refractivity contribution in [1.82, 2.24) is 10.3 Å². The first-order valence-corrected chi connectivity index (χ1v) is 8.18. The lowest BCUT2D eigenvalue weighted by Gasteiger charge is -2.16. The topological polar surface area (TPSA) is 94.3 Å². The van der Waals surface area contributed by atoms with E-state index in [0.717, 1.165) is 5.56 Å². The van der Waals surface area contributed by atoms with Crippen LogP contribution in [0.3, 0.4) is 0 Å². The van der Waals surface area contributed by atoms with E-state index in [4.69, 9.17) is 10.5 Å². The largest absolute Gasteiger partial charge is 0.465 e.